The lowest BCUT2D eigenvalue weighted by atomic mass is 10.1. The third-order valence-corrected chi connectivity index (χ3v) is 4.44. The van der Waals surface area contributed by atoms with Crippen molar-refractivity contribution in [3.05, 3.63) is 70.3 Å². The summed E-state index contributed by atoms with van der Waals surface area (Å²) in [7, 11) is 0. The molecule has 0 saturated carbocycles. The quantitative estimate of drug-likeness (QED) is 0.566. The second kappa shape index (κ2) is 7.07. The first-order chi connectivity index (χ1) is 13.2. The first kappa shape index (κ1) is 17.0. The average molecular weight is 360 g/mol. The number of fused-ring (bicyclic) bond motifs is 2. The van der Waals surface area contributed by atoms with Gasteiger partial charge in [-0.25, -0.2) is 5.10 Å². The lowest BCUT2D eigenvalue weighted by Crippen LogP contribution is -2.13. The van der Waals surface area contributed by atoms with Gasteiger partial charge in [0, 0.05) is 22.2 Å². The van der Waals surface area contributed by atoms with E-state index in [0.717, 1.165) is 39.1 Å². The number of rotatable bonds is 5. The van der Waals surface area contributed by atoms with E-state index in [1.54, 1.807) is 6.07 Å². The molecule has 0 radical (unpaired) electrons. The van der Waals surface area contributed by atoms with Crippen LogP contribution < -0.4 is 15.6 Å². The van der Waals surface area contributed by atoms with Crippen LogP contribution in [-0.2, 0) is 6.54 Å². The summed E-state index contributed by atoms with van der Waals surface area (Å²) >= 11 is 0. The molecule has 0 aliphatic rings. The highest BCUT2D eigenvalue weighted by Crippen LogP contribution is 2.28. The lowest BCUT2D eigenvalue weighted by molar-refractivity contribution is 0.340. The van der Waals surface area contributed by atoms with Gasteiger partial charge in [0.2, 0.25) is 0 Å². The number of aromatic nitrogens is 3. The van der Waals surface area contributed by atoms with E-state index >= 15 is 0 Å². The molecule has 0 spiro atoms. The Morgan fingerprint density at radius 1 is 1.07 bits per heavy atom. The SMILES string of the molecule is CCOc1ccc2nc(C)cc(NCc3n[nH]c(=O)c4ccccc34)c2c1. The van der Waals surface area contributed by atoms with E-state index in [4.69, 9.17) is 4.74 Å². The summed E-state index contributed by atoms with van der Waals surface area (Å²) < 4.78 is 5.63. The first-order valence-corrected chi connectivity index (χ1v) is 8.90. The predicted molar refractivity (Wildman–Crippen MR) is 107 cm³/mol. The zero-order valence-corrected chi connectivity index (χ0v) is 15.2. The fraction of sp³-hybridized carbons (Fsp3) is 0.190. The molecule has 0 fully saturated rings. The van der Waals surface area contributed by atoms with E-state index in [0.29, 0.717) is 18.5 Å². The van der Waals surface area contributed by atoms with Crippen molar-refractivity contribution in [2.45, 2.75) is 20.4 Å². The smallest absolute Gasteiger partial charge is 0.272 e. The number of hydrogen-bond donors (Lipinski definition) is 2. The molecule has 0 bridgehead atoms. The summed E-state index contributed by atoms with van der Waals surface area (Å²) in [5, 5.41) is 12.7. The molecule has 2 heterocycles. The number of benzene rings is 2. The first-order valence-electron chi connectivity index (χ1n) is 8.90. The summed E-state index contributed by atoms with van der Waals surface area (Å²) in [4.78, 5) is 16.6. The molecular weight excluding hydrogens is 340 g/mol. The third kappa shape index (κ3) is 3.33. The van der Waals surface area contributed by atoms with Gasteiger partial charge in [-0.3, -0.25) is 9.78 Å². The number of ether oxygens (including phenoxy) is 1. The highest BCUT2D eigenvalue weighted by molar-refractivity contribution is 5.92. The molecule has 0 amide bonds. The summed E-state index contributed by atoms with van der Waals surface area (Å²) in [6.45, 7) is 5.02. The number of H-pyrrole nitrogens is 1. The lowest BCUT2D eigenvalue weighted by Gasteiger charge is -2.13. The summed E-state index contributed by atoms with van der Waals surface area (Å²) in [6, 6.07) is 15.4. The van der Waals surface area contributed by atoms with Crippen LogP contribution in [0.2, 0.25) is 0 Å². The highest BCUT2D eigenvalue weighted by atomic mass is 16.5. The Morgan fingerprint density at radius 3 is 2.70 bits per heavy atom. The van der Waals surface area contributed by atoms with E-state index in [9.17, 15) is 4.79 Å². The minimum atomic E-state index is -0.180. The summed E-state index contributed by atoms with van der Waals surface area (Å²) in [6.07, 6.45) is 0. The van der Waals surface area contributed by atoms with Crippen molar-refractivity contribution in [2.75, 3.05) is 11.9 Å². The largest absolute Gasteiger partial charge is 0.494 e. The van der Waals surface area contributed by atoms with E-state index in [-0.39, 0.29) is 5.56 Å². The maximum Gasteiger partial charge on any atom is 0.272 e. The van der Waals surface area contributed by atoms with Gasteiger partial charge in [-0.05, 0) is 44.2 Å². The molecule has 0 unspecified atom stereocenters. The number of nitrogens with one attached hydrogen (secondary N) is 2. The topological polar surface area (TPSA) is 79.9 Å². The van der Waals surface area contributed by atoms with E-state index < -0.39 is 0 Å². The minimum Gasteiger partial charge on any atom is -0.494 e. The number of nitrogens with zero attached hydrogens (tertiary/aromatic N) is 2. The number of hydrogen-bond acceptors (Lipinski definition) is 5. The van der Waals surface area contributed by atoms with Gasteiger partial charge in [-0.2, -0.15) is 5.10 Å². The molecule has 2 aromatic carbocycles. The van der Waals surface area contributed by atoms with Crippen LogP contribution >= 0.6 is 0 Å². The zero-order chi connectivity index (χ0) is 18.8. The summed E-state index contributed by atoms with van der Waals surface area (Å²) in [5.74, 6) is 0.811. The molecule has 0 saturated heterocycles. The Kier molecular flexibility index (Phi) is 4.46. The molecule has 2 N–H and O–H groups in total. The predicted octanol–water partition coefficient (Wildman–Crippen LogP) is 3.79. The second-order valence-electron chi connectivity index (χ2n) is 6.32. The minimum absolute atomic E-state index is 0.180. The maximum atomic E-state index is 12.0. The Balaban J connectivity index is 1.73. The molecule has 0 atom stereocenters. The van der Waals surface area contributed by atoms with E-state index in [2.05, 4.69) is 20.5 Å². The van der Waals surface area contributed by atoms with Crippen LogP contribution in [0.1, 0.15) is 18.3 Å². The molecule has 6 nitrogen and oxygen atoms in total. The standard InChI is InChI=1S/C21H20N4O2/c1-3-27-14-8-9-18-17(11-14)19(10-13(2)23-18)22-12-20-15-6-4-5-7-16(15)21(26)25-24-20/h4-11H,3,12H2,1-2H3,(H,22,23)(H,25,26). The Labute approximate surface area is 156 Å². The van der Waals surface area contributed by atoms with Gasteiger partial charge < -0.3 is 10.1 Å². The van der Waals surface area contributed by atoms with Crippen LogP contribution in [0, 0.1) is 6.92 Å². The van der Waals surface area contributed by atoms with E-state index in [1.807, 2.05) is 56.3 Å². The molecule has 0 aliphatic heterocycles. The number of anilines is 1. The van der Waals surface area contributed by atoms with Crippen molar-refractivity contribution in [3.63, 3.8) is 0 Å². The molecule has 136 valence electrons. The van der Waals surface area contributed by atoms with Gasteiger partial charge in [0.05, 0.1) is 29.7 Å². The molecule has 4 aromatic rings. The molecule has 0 aliphatic carbocycles. The van der Waals surface area contributed by atoms with Gasteiger partial charge in [0.1, 0.15) is 5.75 Å². The van der Waals surface area contributed by atoms with E-state index in [1.165, 1.54) is 0 Å². The molecule has 4 rings (SSSR count). The monoisotopic (exact) mass is 360 g/mol. The maximum absolute atomic E-state index is 12.0. The van der Waals surface area contributed by atoms with Gasteiger partial charge >= 0.3 is 0 Å². The fourth-order valence-electron chi connectivity index (χ4n) is 3.23. The highest BCUT2D eigenvalue weighted by Gasteiger charge is 2.09. The van der Waals surface area contributed by atoms with Crippen LogP contribution in [-0.4, -0.2) is 21.8 Å². The van der Waals surface area contributed by atoms with Crippen molar-refractivity contribution in [1.29, 1.82) is 0 Å². The van der Waals surface area contributed by atoms with Crippen molar-refractivity contribution >= 4 is 27.4 Å². The van der Waals surface area contributed by atoms with Gasteiger partial charge in [0.15, 0.2) is 0 Å². The summed E-state index contributed by atoms with van der Waals surface area (Å²) in [5.41, 5.74) is 3.39. The van der Waals surface area contributed by atoms with Gasteiger partial charge in [-0.15, -0.1) is 0 Å². The van der Waals surface area contributed by atoms with Crippen LogP contribution in [0.25, 0.3) is 21.7 Å². The normalized spacial score (nSPS) is 11.0. The second-order valence-corrected chi connectivity index (χ2v) is 6.32. The van der Waals surface area contributed by atoms with Crippen molar-refractivity contribution in [2.24, 2.45) is 0 Å². The van der Waals surface area contributed by atoms with Crippen molar-refractivity contribution in [3.8, 4) is 5.75 Å². The number of aromatic amines is 1. The van der Waals surface area contributed by atoms with Crippen LogP contribution in [0.5, 0.6) is 5.75 Å². The molecule has 2 aromatic heterocycles. The van der Waals surface area contributed by atoms with Crippen LogP contribution in [0.4, 0.5) is 5.69 Å². The Hall–Kier alpha value is -3.41. The number of aryl methyl sites for hydroxylation is 1. The fourth-order valence-corrected chi connectivity index (χ4v) is 3.23. The van der Waals surface area contributed by atoms with Gasteiger partial charge in [0.25, 0.3) is 5.56 Å². The van der Waals surface area contributed by atoms with Crippen LogP contribution in [0.3, 0.4) is 0 Å². The molecular formula is C21H20N4O2. The average Bonchev–Trinajstić information content (AvgIpc) is 2.68. The zero-order valence-electron chi connectivity index (χ0n) is 15.2. The van der Waals surface area contributed by atoms with Crippen molar-refractivity contribution < 1.29 is 4.74 Å². The molecule has 27 heavy (non-hydrogen) atoms. The van der Waals surface area contributed by atoms with Gasteiger partial charge in [-0.1, -0.05) is 18.2 Å². The van der Waals surface area contributed by atoms with Crippen LogP contribution in [0.15, 0.2) is 53.3 Å². The molecule has 6 heteroatoms. The van der Waals surface area contributed by atoms with Crippen molar-refractivity contribution in [1.82, 2.24) is 15.2 Å². The number of pyridine rings is 1. The Morgan fingerprint density at radius 2 is 1.89 bits per heavy atom. The Bertz CT molecular complexity index is 1180. The third-order valence-electron chi connectivity index (χ3n) is 4.44.